The molecule has 1 saturated heterocycles. The van der Waals surface area contributed by atoms with E-state index in [1.54, 1.807) is 27.6 Å². The number of piperidine rings is 1. The summed E-state index contributed by atoms with van der Waals surface area (Å²) < 4.78 is 27.8. The number of nitrogens with zero attached hydrogens (tertiary/aromatic N) is 1. The summed E-state index contributed by atoms with van der Waals surface area (Å²) in [5.74, 6) is -0.388. The quantitative estimate of drug-likeness (QED) is 0.506. The van der Waals surface area contributed by atoms with Gasteiger partial charge in [0.05, 0.1) is 5.56 Å². The van der Waals surface area contributed by atoms with Crippen LogP contribution in [-0.4, -0.2) is 28.6 Å². The average Bonchev–Trinajstić information content (AvgIpc) is 2.79. The molecule has 1 N–H and O–H groups in total. The molecule has 2 aliphatic rings. The number of H-pyrrole nitrogens is 1. The third-order valence-electron chi connectivity index (χ3n) is 7.65. The molecule has 6 heteroatoms. The molecular weight excluding hydrogens is 437 g/mol. The summed E-state index contributed by atoms with van der Waals surface area (Å²) >= 11 is 0. The largest absolute Gasteiger partial charge is 0.371 e. The third-order valence-corrected chi connectivity index (χ3v) is 8.08. The van der Waals surface area contributed by atoms with Crippen molar-refractivity contribution in [3.05, 3.63) is 76.1 Å². The summed E-state index contributed by atoms with van der Waals surface area (Å²) in [5, 5.41) is 0.683. The third kappa shape index (κ3) is 4.71. The van der Waals surface area contributed by atoms with Crippen LogP contribution in [0.5, 0.6) is 0 Å². The van der Waals surface area contributed by atoms with Gasteiger partial charge in [-0.05, 0) is 49.7 Å². The Bertz CT molecular complexity index is 1180. The highest BCUT2D eigenvalue weighted by molar-refractivity contribution is 7.18. The number of nitrogens with one attached hydrogen (secondary N) is 1. The van der Waals surface area contributed by atoms with Gasteiger partial charge < -0.3 is 9.88 Å². The molecule has 1 aromatic carbocycles. The minimum atomic E-state index is -2.79. The van der Waals surface area contributed by atoms with Gasteiger partial charge in [0, 0.05) is 41.8 Å². The number of fused-ring (bicyclic) bond motifs is 1. The van der Waals surface area contributed by atoms with E-state index in [1.165, 1.54) is 0 Å². The fourth-order valence-electron chi connectivity index (χ4n) is 5.27. The normalized spacial score (nSPS) is 20.2. The predicted molar refractivity (Wildman–Crippen MR) is 136 cm³/mol. The molecule has 0 radical (unpaired) electrons. The SMILES string of the molecule is C=C(c1c[nH]c2ccc(C)cc2c1=O)N1CCC(C(C)(C)C2=CC=CC(C(F)(F)P)C2)CC1. The van der Waals surface area contributed by atoms with Crippen LogP contribution in [0.4, 0.5) is 8.78 Å². The van der Waals surface area contributed by atoms with Crippen molar-refractivity contribution in [3.8, 4) is 0 Å². The minimum Gasteiger partial charge on any atom is -0.371 e. The maximum atomic E-state index is 13.9. The van der Waals surface area contributed by atoms with Crippen molar-refractivity contribution in [1.82, 2.24) is 9.88 Å². The summed E-state index contributed by atoms with van der Waals surface area (Å²) in [7, 11) is 1.69. The molecule has 2 atom stereocenters. The van der Waals surface area contributed by atoms with Gasteiger partial charge in [0.25, 0.3) is 5.66 Å². The number of rotatable bonds is 5. The van der Waals surface area contributed by atoms with Gasteiger partial charge >= 0.3 is 0 Å². The topological polar surface area (TPSA) is 36.1 Å². The number of allylic oxidation sites excluding steroid dienone is 4. The summed E-state index contributed by atoms with van der Waals surface area (Å²) in [6.45, 7) is 12.2. The van der Waals surface area contributed by atoms with Crippen molar-refractivity contribution in [3.63, 3.8) is 0 Å². The van der Waals surface area contributed by atoms with Gasteiger partial charge in [-0.2, -0.15) is 0 Å². The van der Waals surface area contributed by atoms with E-state index in [9.17, 15) is 13.6 Å². The molecule has 2 aromatic rings. The molecule has 3 nitrogen and oxygen atoms in total. The van der Waals surface area contributed by atoms with E-state index in [0.29, 0.717) is 23.3 Å². The van der Waals surface area contributed by atoms with Crippen molar-refractivity contribution in [2.45, 2.75) is 45.7 Å². The average molecular weight is 471 g/mol. The Kier molecular flexibility index (Phi) is 6.39. The van der Waals surface area contributed by atoms with Gasteiger partial charge in [0.2, 0.25) is 0 Å². The molecule has 176 valence electrons. The zero-order chi connectivity index (χ0) is 24.0. The Morgan fingerprint density at radius 1 is 1.24 bits per heavy atom. The Morgan fingerprint density at radius 2 is 1.94 bits per heavy atom. The van der Waals surface area contributed by atoms with E-state index in [2.05, 4.69) is 30.3 Å². The maximum absolute atomic E-state index is 13.9. The second kappa shape index (κ2) is 8.83. The number of aromatic amines is 1. The molecule has 2 unspecified atom stereocenters. The Labute approximate surface area is 196 Å². The first-order chi connectivity index (χ1) is 15.5. The number of likely N-dealkylation sites (tertiary alicyclic amines) is 1. The standard InChI is InChI=1S/C27H33F2N2OP/c1-17-8-9-24-22(14-17)25(32)23(16-30-24)18(2)31-12-10-19(11-13-31)26(3,4)20-6-5-7-21(15-20)27(28,29)33/h5-9,14,16,19,21H,2,10-13,15,33H2,1,3-4H3,(H,30,32). The Hall–Kier alpha value is -2.26. The van der Waals surface area contributed by atoms with Crippen molar-refractivity contribution in [1.29, 1.82) is 0 Å². The zero-order valence-corrected chi connectivity index (χ0v) is 20.8. The molecule has 0 amide bonds. The molecule has 4 rings (SSSR count). The lowest BCUT2D eigenvalue weighted by Gasteiger charge is -2.44. The van der Waals surface area contributed by atoms with Gasteiger partial charge in [-0.3, -0.25) is 4.79 Å². The molecule has 1 fully saturated rings. The van der Waals surface area contributed by atoms with Crippen molar-refractivity contribution in [2.24, 2.45) is 17.3 Å². The fourth-order valence-corrected chi connectivity index (χ4v) is 5.50. The van der Waals surface area contributed by atoms with Gasteiger partial charge in [-0.25, -0.2) is 8.78 Å². The molecule has 33 heavy (non-hydrogen) atoms. The summed E-state index contributed by atoms with van der Waals surface area (Å²) in [4.78, 5) is 18.5. The van der Waals surface area contributed by atoms with Crippen molar-refractivity contribution >= 4 is 25.8 Å². The van der Waals surface area contributed by atoms with Crippen LogP contribution in [0.2, 0.25) is 0 Å². The number of aryl methyl sites for hydroxylation is 1. The lowest BCUT2D eigenvalue weighted by Crippen LogP contribution is -2.40. The highest BCUT2D eigenvalue weighted by Gasteiger charge is 2.40. The first kappa shape index (κ1) is 23.9. The van der Waals surface area contributed by atoms with Crippen molar-refractivity contribution in [2.75, 3.05) is 13.1 Å². The molecule has 1 aliphatic heterocycles. The molecular formula is C27H33F2N2OP. The maximum Gasteiger partial charge on any atom is 0.265 e. The summed E-state index contributed by atoms with van der Waals surface area (Å²) in [6.07, 6.45) is 9.43. The number of aromatic nitrogens is 1. The fraction of sp³-hybridized carbons (Fsp3) is 0.444. The lowest BCUT2D eigenvalue weighted by molar-refractivity contribution is 0.0525. The number of alkyl halides is 2. The van der Waals surface area contributed by atoms with Crippen LogP contribution in [0.1, 0.15) is 44.2 Å². The van der Waals surface area contributed by atoms with E-state index in [0.717, 1.165) is 48.3 Å². The van der Waals surface area contributed by atoms with E-state index < -0.39 is 11.6 Å². The highest BCUT2D eigenvalue weighted by Crippen LogP contribution is 2.48. The predicted octanol–water partition coefficient (Wildman–Crippen LogP) is 6.52. The molecule has 0 saturated carbocycles. The van der Waals surface area contributed by atoms with E-state index in [1.807, 2.05) is 31.2 Å². The highest BCUT2D eigenvalue weighted by atomic mass is 31.0. The van der Waals surface area contributed by atoms with Crippen LogP contribution in [0, 0.1) is 24.2 Å². The smallest absolute Gasteiger partial charge is 0.265 e. The first-order valence-electron chi connectivity index (χ1n) is 11.6. The molecule has 0 spiro atoms. The van der Waals surface area contributed by atoms with Crippen LogP contribution in [0.15, 0.2) is 59.6 Å². The number of benzene rings is 1. The number of pyridine rings is 1. The van der Waals surface area contributed by atoms with Crippen LogP contribution >= 0.6 is 9.24 Å². The van der Waals surface area contributed by atoms with E-state index in [4.69, 9.17) is 0 Å². The second-order valence-electron chi connectivity index (χ2n) is 10.1. The van der Waals surface area contributed by atoms with Gasteiger partial charge in [-0.1, -0.05) is 65.1 Å². The minimum absolute atomic E-state index is 0.00320. The monoisotopic (exact) mass is 470 g/mol. The molecule has 2 heterocycles. The van der Waals surface area contributed by atoms with E-state index in [-0.39, 0.29) is 10.8 Å². The van der Waals surface area contributed by atoms with Crippen LogP contribution in [-0.2, 0) is 0 Å². The second-order valence-corrected chi connectivity index (χ2v) is 10.8. The first-order valence-corrected chi connectivity index (χ1v) is 12.2. The summed E-state index contributed by atoms with van der Waals surface area (Å²) in [6, 6.07) is 5.83. The lowest BCUT2D eigenvalue weighted by atomic mass is 9.66. The van der Waals surface area contributed by atoms with Gasteiger partial charge in [0.1, 0.15) is 0 Å². The number of hydrogen-bond acceptors (Lipinski definition) is 2. The van der Waals surface area contributed by atoms with Gasteiger partial charge in [-0.15, -0.1) is 0 Å². The van der Waals surface area contributed by atoms with Crippen LogP contribution in [0.3, 0.4) is 0 Å². The Morgan fingerprint density at radius 3 is 2.61 bits per heavy atom. The van der Waals surface area contributed by atoms with E-state index >= 15 is 0 Å². The van der Waals surface area contributed by atoms with Crippen LogP contribution < -0.4 is 5.43 Å². The zero-order valence-electron chi connectivity index (χ0n) is 19.6. The van der Waals surface area contributed by atoms with Crippen LogP contribution in [0.25, 0.3) is 16.6 Å². The summed E-state index contributed by atoms with van der Waals surface area (Å²) in [5.41, 5.74) is 1.37. The number of hydrogen-bond donors (Lipinski definition) is 1. The molecule has 1 aliphatic carbocycles. The Balaban J connectivity index is 1.47. The van der Waals surface area contributed by atoms with Gasteiger partial charge in [0.15, 0.2) is 5.43 Å². The van der Waals surface area contributed by atoms with Crippen molar-refractivity contribution < 1.29 is 8.78 Å². The molecule has 1 aromatic heterocycles. The molecule has 0 bridgehead atoms. The number of halogens is 2.